The Morgan fingerprint density at radius 2 is 1.76 bits per heavy atom. The number of sulfonamides is 1. The van der Waals surface area contributed by atoms with Crippen LogP contribution in [0.5, 0.6) is 5.75 Å². The first-order valence-electron chi connectivity index (χ1n) is 9.42. The van der Waals surface area contributed by atoms with E-state index >= 15 is 0 Å². The van der Waals surface area contributed by atoms with Crippen LogP contribution in [0.25, 0.3) is 0 Å². The fourth-order valence-electron chi connectivity index (χ4n) is 3.44. The molecule has 1 aliphatic rings. The van der Waals surface area contributed by atoms with Crippen molar-refractivity contribution in [2.24, 2.45) is 0 Å². The number of carbonyl (C=O) groups excluding carboxylic acids is 2. The van der Waals surface area contributed by atoms with Crippen molar-refractivity contribution in [1.82, 2.24) is 0 Å². The van der Waals surface area contributed by atoms with E-state index in [0.717, 1.165) is 10.5 Å². The number of amides is 2. The molecule has 2 amide bonds. The van der Waals surface area contributed by atoms with Crippen molar-refractivity contribution < 1.29 is 22.7 Å². The summed E-state index contributed by atoms with van der Waals surface area (Å²) in [5.41, 5.74) is 1.70. The Morgan fingerprint density at radius 1 is 1.07 bits per heavy atom. The number of hydrogen-bond donors (Lipinski definition) is 0. The summed E-state index contributed by atoms with van der Waals surface area (Å²) in [6.07, 6.45) is 1.01. The molecule has 0 N–H and O–H groups in total. The lowest BCUT2D eigenvalue weighted by Crippen LogP contribution is -2.40. The molecule has 7 nitrogen and oxygen atoms in total. The molecule has 1 fully saturated rings. The number of piperidine rings is 1. The Balaban J connectivity index is 2.12. The molecule has 154 valence electrons. The van der Waals surface area contributed by atoms with Gasteiger partial charge in [0.15, 0.2) is 0 Å². The van der Waals surface area contributed by atoms with E-state index in [9.17, 15) is 18.0 Å². The van der Waals surface area contributed by atoms with Crippen LogP contribution in [0.4, 0.5) is 11.4 Å². The monoisotopic (exact) mass is 416 g/mol. The highest BCUT2D eigenvalue weighted by Crippen LogP contribution is 2.34. The van der Waals surface area contributed by atoms with Gasteiger partial charge in [-0.3, -0.25) is 18.8 Å². The molecule has 8 heteroatoms. The third-order valence-corrected chi connectivity index (χ3v) is 6.75. The fraction of sp³-hybridized carbons (Fsp3) is 0.333. The molecular weight excluding hydrogens is 392 g/mol. The Kier molecular flexibility index (Phi) is 5.93. The molecule has 1 aliphatic heterocycles. The number of rotatable bonds is 6. The number of carbonyl (C=O) groups is 2. The highest BCUT2D eigenvalue weighted by atomic mass is 32.2. The van der Waals surface area contributed by atoms with E-state index < -0.39 is 10.0 Å². The van der Waals surface area contributed by atoms with Gasteiger partial charge in [-0.25, -0.2) is 8.42 Å². The van der Waals surface area contributed by atoms with Crippen LogP contribution in [0.3, 0.4) is 0 Å². The summed E-state index contributed by atoms with van der Waals surface area (Å²) < 4.78 is 33.6. The maximum absolute atomic E-state index is 13.5. The lowest BCUT2D eigenvalue weighted by molar-refractivity contribution is -0.129. The largest absolute Gasteiger partial charge is 0.495 e. The molecule has 0 aromatic heterocycles. The van der Waals surface area contributed by atoms with Crippen molar-refractivity contribution in [2.75, 3.05) is 22.9 Å². The molecule has 2 aromatic rings. The zero-order chi connectivity index (χ0) is 21.2. The summed E-state index contributed by atoms with van der Waals surface area (Å²) in [6, 6.07) is 11.5. The number of methoxy groups -OCH3 is 1. The maximum atomic E-state index is 13.5. The predicted octanol–water partition coefficient (Wildman–Crippen LogP) is 3.26. The fourth-order valence-corrected chi connectivity index (χ4v) is 5.08. The third kappa shape index (κ3) is 3.98. The summed E-state index contributed by atoms with van der Waals surface area (Å²) in [4.78, 5) is 25.5. The molecule has 0 atom stereocenters. The molecule has 1 saturated heterocycles. The summed E-state index contributed by atoms with van der Waals surface area (Å²) in [5.74, 6) is -0.515. The van der Waals surface area contributed by atoms with Crippen molar-refractivity contribution in [3.63, 3.8) is 0 Å². The first kappa shape index (κ1) is 20.9. The third-order valence-electron chi connectivity index (χ3n) is 4.83. The Bertz CT molecular complexity index is 1030. The molecule has 0 unspecified atom stereocenters. The number of anilines is 2. The molecule has 1 heterocycles. The van der Waals surface area contributed by atoms with Crippen molar-refractivity contribution >= 4 is 33.2 Å². The number of aryl methyl sites for hydroxylation is 1. The molecule has 0 spiro atoms. The van der Waals surface area contributed by atoms with Gasteiger partial charge in [-0.1, -0.05) is 12.1 Å². The Hall–Kier alpha value is -2.87. The van der Waals surface area contributed by atoms with Gasteiger partial charge in [0.1, 0.15) is 10.6 Å². The van der Waals surface area contributed by atoms with Crippen LogP contribution >= 0.6 is 0 Å². The van der Waals surface area contributed by atoms with E-state index in [1.165, 1.54) is 29.6 Å². The molecule has 2 aromatic carbocycles. The number of ether oxygens (including phenoxy) is 1. The van der Waals surface area contributed by atoms with E-state index in [4.69, 9.17) is 4.74 Å². The first-order valence-corrected chi connectivity index (χ1v) is 10.9. The Morgan fingerprint density at radius 3 is 2.34 bits per heavy atom. The topological polar surface area (TPSA) is 84.0 Å². The van der Waals surface area contributed by atoms with Gasteiger partial charge < -0.3 is 4.74 Å². The van der Waals surface area contributed by atoms with Crippen LogP contribution in [-0.4, -0.2) is 33.9 Å². The zero-order valence-electron chi connectivity index (χ0n) is 16.7. The number of nitrogens with zero attached hydrogens (tertiary/aromatic N) is 2. The van der Waals surface area contributed by atoms with E-state index in [-0.39, 0.29) is 47.5 Å². The molecule has 0 radical (unpaired) electrons. The summed E-state index contributed by atoms with van der Waals surface area (Å²) in [6.45, 7) is 3.84. The summed E-state index contributed by atoms with van der Waals surface area (Å²) in [7, 11) is -2.62. The second kappa shape index (κ2) is 8.24. The van der Waals surface area contributed by atoms with Crippen molar-refractivity contribution in [1.29, 1.82) is 0 Å². The highest BCUT2D eigenvalue weighted by molar-refractivity contribution is 7.93. The van der Waals surface area contributed by atoms with Gasteiger partial charge in [0.2, 0.25) is 11.8 Å². The number of imide groups is 1. The van der Waals surface area contributed by atoms with Gasteiger partial charge in [-0.15, -0.1) is 0 Å². The lowest BCUT2D eigenvalue weighted by Gasteiger charge is -2.27. The SMILES string of the molecule is CCN(c1cccc(C)c1)S(=O)(=O)c1cc(N2C(=O)CCCC2=O)ccc1OC. The minimum atomic E-state index is -4.00. The van der Waals surface area contributed by atoms with Gasteiger partial charge in [0.05, 0.1) is 18.5 Å². The summed E-state index contributed by atoms with van der Waals surface area (Å²) in [5, 5.41) is 0. The second-order valence-corrected chi connectivity index (χ2v) is 8.65. The minimum Gasteiger partial charge on any atom is -0.495 e. The first-order chi connectivity index (χ1) is 13.8. The average Bonchev–Trinajstić information content (AvgIpc) is 2.68. The van der Waals surface area contributed by atoms with Crippen LogP contribution in [0.15, 0.2) is 47.4 Å². The van der Waals surface area contributed by atoms with Crippen LogP contribution in [0.1, 0.15) is 31.7 Å². The van der Waals surface area contributed by atoms with E-state index in [1.807, 2.05) is 13.0 Å². The van der Waals surface area contributed by atoms with Gasteiger partial charge in [0.25, 0.3) is 10.0 Å². The quantitative estimate of drug-likeness (QED) is 0.675. The smallest absolute Gasteiger partial charge is 0.268 e. The van der Waals surface area contributed by atoms with Crippen molar-refractivity contribution in [3.8, 4) is 5.75 Å². The number of hydrogen-bond acceptors (Lipinski definition) is 5. The Labute approximate surface area is 170 Å². The molecule has 0 aliphatic carbocycles. The molecule has 0 bridgehead atoms. The highest BCUT2D eigenvalue weighted by Gasteiger charge is 2.32. The van der Waals surface area contributed by atoms with E-state index in [2.05, 4.69) is 0 Å². The normalized spacial score (nSPS) is 14.8. The van der Waals surface area contributed by atoms with Crippen LogP contribution < -0.4 is 13.9 Å². The van der Waals surface area contributed by atoms with Crippen LogP contribution in [-0.2, 0) is 19.6 Å². The average molecular weight is 416 g/mol. The van der Waals surface area contributed by atoms with Crippen LogP contribution in [0, 0.1) is 6.92 Å². The maximum Gasteiger partial charge on any atom is 0.268 e. The van der Waals surface area contributed by atoms with Gasteiger partial charge in [-0.2, -0.15) is 0 Å². The standard InChI is InChI=1S/C21H24N2O5S/c1-4-22(16-8-5-7-15(2)13-16)29(26,27)19-14-17(11-12-18(19)28-3)23-20(24)9-6-10-21(23)25/h5,7-8,11-14H,4,6,9-10H2,1-3H3. The molecule has 0 saturated carbocycles. The van der Waals surface area contributed by atoms with E-state index in [1.54, 1.807) is 25.1 Å². The van der Waals surface area contributed by atoms with Gasteiger partial charge in [-0.05, 0) is 56.2 Å². The minimum absolute atomic E-state index is 0.0907. The van der Waals surface area contributed by atoms with Crippen LogP contribution in [0.2, 0.25) is 0 Å². The molecular formula is C21H24N2O5S. The van der Waals surface area contributed by atoms with Crippen molar-refractivity contribution in [2.45, 2.75) is 38.0 Å². The molecule has 29 heavy (non-hydrogen) atoms. The lowest BCUT2D eigenvalue weighted by atomic mass is 10.1. The second-order valence-electron chi connectivity index (χ2n) is 6.82. The van der Waals surface area contributed by atoms with Crippen molar-refractivity contribution in [3.05, 3.63) is 48.0 Å². The van der Waals surface area contributed by atoms with Gasteiger partial charge in [0, 0.05) is 19.4 Å². The van der Waals surface area contributed by atoms with Gasteiger partial charge >= 0.3 is 0 Å². The predicted molar refractivity (Wildman–Crippen MR) is 111 cm³/mol. The molecule has 3 rings (SSSR count). The summed E-state index contributed by atoms with van der Waals surface area (Å²) >= 11 is 0. The zero-order valence-corrected chi connectivity index (χ0v) is 17.5. The number of benzene rings is 2. The van der Waals surface area contributed by atoms with E-state index in [0.29, 0.717) is 12.1 Å².